The van der Waals surface area contributed by atoms with Crippen molar-refractivity contribution in [2.24, 2.45) is 11.1 Å². The topological polar surface area (TPSA) is 75.4 Å². The lowest BCUT2D eigenvalue weighted by Crippen LogP contribution is -2.45. The number of piperidine rings is 1. The summed E-state index contributed by atoms with van der Waals surface area (Å²) < 4.78 is 23.7. The molecule has 0 spiro atoms. The zero-order valence-corrected chi connectivity index (χ0v) is 9.67. The molecule has 6 heteroatoms. The largest absolute Gasteiger partial charge is 0.314 e. The zero-order chi connectivity index (χ0) is 10.9. The molecule has 1 saturated carbocycles. The lowest BCUT2D eigenvalue weighted by atomic mass is 10.00. The number of nitrogens with one attached hydrogen (secondary N) is 1. The maximum absolute atomic E-state index is 11.2. The summed E-state index contributed by atoms with van der Waals surface area (Å²) in [6.45, 7) is 2.09. The number of rotatable bonds is 4. The van der Waals surface area contributed by atoms with Gasteiger partial charge < -0.3 is 5.32 Å². The van der Waals surface area contributed by atoms with Crippen molar-refractivity contribution in [1.82, 2.24) is 9.62 Å². The highest BCUT2D eigenvalue weighted by Crippen LogP contribution is 2.21. The highest BCUT2D eigenvalue weighted by Gasteiger charge is 2.28. The Morgan fingerprint density at radius 2 is 2.07 bits per heavy atom. The van der Waals surface area contributed by atoms with E-state index < -0.39 is 10.2 Å². The van der Waals surface area contributed by atoms with E-state index in [1.807, 2.05) is 0 Å². The Morgan fingerprint density at radius 1 is 1.33 bits per heavy atom. The molecule has 2 fully saturated rings. The average Bonchev–Trinajstić information content (AvgIpc) is 2.97. The maximum atomic E-state index is 11.2. The summed E-state index contributed by atoms with van der Waals surface area (Å²) in [5, 5.41) is 8.55. The van der Waals surface area contributed by atoms with Crippen LogP contribution in [0.2, 0.25) is 0 Å². The molecule has 1 heterocycles. The van der Waals surface area contributed by atoms with Gasteiger partial charge in [-0.05, 0) is 38.1 Å². The average molecular weight is 233 g/mol. The number of nitrogens with zero attached hydrogens (tertiary/aromatic N) is 1. The van der Waals surface area contributed by atoms with Crippen LogP contribution in [0.4, 0.5) is 0 Å². The molecule has 0 aromatic heterocycles. The summed E-state index contributed by atoms with van der Waals surface area (Å²) in [5.41, 5.74) is 0. The van der Waals surface area contributed by atoms with Crippen molar-refractivity contribution in [2.75, 3.05) is 19.6 Å². The molecule has 5 nitrogen and oxygen atoms in total. The second kappa shape index (κ2) is 4.37. The Hall–Kier alpha value is -0.170. The van der Waals surface area contributed by atoms with Crippen LogP contribution >= 0.6 is 0 Å². The molecule has 1 atom stereocenters. The summed E-state index contributed by atoms with van der Waals surface area (Å²) >= 11 is 0. The van der Waals surface area contributed by atoms with Crippen molar-refractivity contribution in [3.8, 4) is 0 Å². The lowest BCUT2D eigenvalue weighted by molar-refractivity contribution is 0.260. The van der Waals surface area contributed by atoms with E-state index in [2.05, 4.69) is 5.32 Å². The van der Waals surface area contributed by atoms with Crippen molar-refractivity contribution >= 4 is 10.2 Å². The van der Waals surface area contributed by atoms with Crippen molar-refractivity contribution in [3.05, 3.63) is 0 Å². The number of hydrogen-bond acceptors (Lipinski definition) is 3. The molecule has 0 radical (unpaired) electrons. The summed E-state index contributed by atoms with van der Waals surface area (Å²) in [6, 6.07) is 0.690. The van der Waals surface area contributed by atoms with E-state index in [-0.39, 0.29) is 0 Å². The third-order valence-electron chi connectivity index (χ3n) is 3.11. The van der Waals surface area contributed by atoms with Crippen molar-refractivity contribution in [1.29, 1.82) is 0 Å². The van der Waals surface area contributed by atoms with Crippen LogP contribution in [-0.2, 0) is 10.2 Å². The summed E-state index contributed by atoms with van der Waals surface area (Å²) in [7, 11) is -3.48. The van der Waals surface area contributed by atoms with E-state index in [0.29, 0.717) is 25.0 Å². The van der Waals surface area contributed by atoms with Crippen LogP contribution in [0, 0.1) is 5.92 Å². The third kappa shape index (κ3) is 3.41. The molecule has 15 heavy (non-hydrogen) atoms. The van der Waals surface area contributed by atoms with Gasteiger partial charge in [-0.3, -0.25) is 0 Å². The monoisotopic (exact) mass is 233 g/mol. The molecule has 0 aromatic rings. The third-order valence-corrected chi connectivity index (χ3v) is 4.17. The van der Waals surface area contributed by atoms with Gasteiger partial charge in [0.2, 0.25) is 0 Å². The number of nitrogens with two attached hydrogens (primary N) is 1. The van der Waals surface area contributed by atoms with Crippen LogP contribution in [0.3, 0.4) is 0 Å². The second-order valence-electron chi connectivity index (χ2n) is 4.59. The maximum Gasteiger partial charge on any atom is 0.276 e. The van der Waals surface area contributed by atoms with Crippen molar-refractivity contribution in [3.63, 3.8) is 0 Å². The van der Waals surface area contributed by atoms with Crippen LogP contribution in [0.1, 0.15) is 25.7 Å². The molecule has 1 saturated heterocycles. The molecule has 2 rings (SSSR count). The lowest BCUT2D eigenvalue weighted by Gasteiger charge is -2.30. The van der Waals surface area contributed by atoms with Gasteiger partial charge in [-0.2, -0.15) is 12.7 Å². The number of hydrogen-bond donors (Lipinski definition) is 2. The van der Waals surface area contributed by atoms with Gasteiger partial charge in [-0.15, -0.1) is 0 Å². The Balaban J connectivity index is 1.80. The van der Waals surface area contributed by atoms with Crippen molar-refractivity contribution in [2.45, 2.75) is 31.7 Å². The van der Waals surface area contributed by atoms with Gasteiger partial charge in [0, 0.05) is 19.1 Å². The van der Waals surface area contributed by atoms with Crippen LogP contribution in [-0.4, -0.2) is 38.4 Å². The SMILES string of the molecule is NS(=O)(=O)N1CCCC(CNC2CC2)C1. The van der Waals surface area contributed by atoms with E-state index >= 15 is 0 Å². The highest BCUT2D eigenvalue weighted by atomic mass is 32.2. The van der Waals surface area contributed by atoms with Gasteiger partial charge in [-0.25, -0.2) is 5.14 Å². The Kier molecular flexibility index (Phi) is 3.30. The Morgan fingerprint density at radius 3 is 2.67 bits per heavy atom. The highest BCUT2D eigenvalue weighted by molar-refractivity contribution is 7.86. The van der Waals surface area contributed by atoms with E-state index in [9.17, 15) is 8.42 Å². The molecule has 3 N–H and O–H groups in total. The first-order valence-corrected chi connectivity index (χ1v) is 7.07. The molecule has 1 aliphatic carbocycles. The Labute approximate surface area is 91.2 Å². The van der Waals surface area contributed by atoms with Gasteiger partial charge >= 0.3 is 0 Å². The van der Waals surface area contributed by atoms with Crippen LogP contribution in [0.5, 0.6) is 0 Å². The fourth-order valence-corrected chi connectivity index (χ4v) is 2.85. The first kappa shape index (κ1) is 11.3. The molecule has 88 valence electrons. The normalized spacial score (nSPS) is 29.3. The van der Waals surface area contributed by atoms with Crippen LogP contribution in [0.15, 0.2) is 0 Å². The molecule has 0 bridgehead atoms. The summed E-state index contributed by atoms with van der Waals surface area (Å²) in [5.74, 6) is 0.428. The zero-order valence-electron chi connectivity index (χ0n) is 8.85. The standard InChI is InChI=1S/C9H19N3O2S/c10-15(13,14)12-5-1-2-8(7-12)6-11-9-3-4-9/h8-9,11H,1-7H2,(H2,10,13,14). The Bertz CT molecular complexity index is 313. The van der Waals surface area contributed by atoms with Gasteiger partial charge in [-0.1, -0.05) is 0 Å². The first-order valence-electron chi connectivity index (χ1n) is 5.57. The van der Waals surface area contributed by atoms with E-state index in [0.717, 1.165) is 19.4 Å². The molecule has 0 amide bonds. The van der Waals surface area contributed by atoms with E-state index in [4.69, 9.17) is 5.14 Å². The molecule has 2 aliphatic rings. The minimum Gasteiger partial charge on any atom is -0.314 e. The van der Waals surface area contributed by atoms with Crippen LogP contribution in [0.25, 0.3) is 0 Å². The van der Waals surface area contributed by atoms with E-state index in [1.54, 1.807) is 0 Å². The predicted octanol–water partition coefficient (Wildman–Crippen LogP) is -0.346. The van der Waals surface area contributed by atoms with Crippen molar-refractivity contribution < 1.29 is 8.42 Å². The van der Waals surface area contributed by atoms with Gasteiger partial charge in [0.1, 0.15) is 0 Å². The smallest absolute Gasteiger partial charge is 0.276 e. The summed E-state index contributed by atoms with van der Waals surface area (Å²) in [6.07, 6.45) is 4.57. The van der Waals surface area contributed by atoms with Gasteiger partial charge in [0.15, 0.2) is 0 Å². The molecule has 1 aliphatic heterocycles. The van der Waals surface area contributed by atoms with Gasteiger partial charge in [0.05, 0.1) is 0 Å². The fraction of sp³-hybridized carbons (Fsp3) is 1.00. The van der Waals surface area contributed by atoms with E-state index in [1.165, 1.54) is 17.1 Å². The van der Waals surface area contributed by atoms with Crippen LogP contribution < -0.4 is 10.5 Å². The minimum atomic E-state index is -3.48. The second-order valence-corrected chi connectivity index (χ2v) is 6.14. The molecular weight excluding hydrogens is 214 g/mol. The van der Waals surface area contributed by atoms with Gasteiger partial charge in [0.25, 0.3) is 10.2 Å². The molecular formula is C9H19N3O2S. The first-order chi connectivity index (χ1) is 7.05. The summed E-state index contributed by atoms with van der Waals surface area (Å²) in [4.78, 5) is 0. The molecule has 0 aromatic carbocycles. The fourth-order valence-electron chi connectivity index (χ4n) is 2.05. The quantitative estimate of drug-likeness (QED) is 0.697. The predicted molar refractivity (Wildman–Crippen MR) is 58.4 cm³/mol. The minimum absolute atomic E-state index is 0.428. The molecule has 1 unspecified atom stereocenters.